The van der Waals surface area contributed by atoms with Crippen LogP contribution in [0.1, 0.15) is 41.9 Å². The first kappa shape index (κ1) is 47.0. The van der Waals surface area contributed by atoms with Gasteiger partial charge in [0.2, 0.25) is 11.4 Å². The number of rotatable bonds is 12. The van der Waals surface area contributed by atoms with Crippen molar-refractivity contribution in [1.29, 1.82) is 0 Å². The predicted octanol–water partition coefficient (Wildman–Crippen LogP) is 10.2. The van der Waals surface area contributed by atoms with Crippen LogP contribution in [0.3, 0.4) is 0 Å². The standard InChI is InChI=1S/C23H17ClN4O3S.C15H11ClN4OS.C8H8O3/c1-25-14-11-18(22(29)26-13-14)19-12-15(7-8-16-9-10-21(24)32-16)28(27-19)23(30)17-5-3-4-6-20(17)31-2;1-17-10-6-12(15(21)18-8-10)13-7-9(19-20-13)2-3-11-4-5-14(16)22-11;1-11-7-5-3-2-4-6(7)8(9)10/h3-6,9-13H,7-8H2,2H3,(H,26,29);4-8H,2-3H2,(H,18,21)(H,19,20);2-5H,1H3,(H,9,10). The van der Waals surface area contributed by atoms with E-state index in [1.807, 2.05) is 30.3 Å². The number of hydrogen-bond donors (Lipinski definition) is 4. The molecule has 2 aromatic carbocycles. The third-order valence-electron chi connectivity index (χ3n) is 9.39. The van der Waals surface area contributed by atoms with Crippen LogP contribution < -0.4 is 20.6 Å². The molecule has 6 heterocycles. The largest absolute Gasteiger partial charge is 0.496 e. The summed E-state index contributed by atoms with van der Waals surface area (Å²) in [5, 5.41) is 20.2. The molecule has 0 unspecified atom stereocenters. The van der Waals surface area contributed by atoms with E-state index in [1.165, 1.54) is 59.6 Å². The molecule has 65 heavy (non-hydrogen) atoms. The number of carbonyl (C=O) groups is 2. The maximum Gasteiger partial charge on any atom is 0.339 e. The van der Waals surface area contributed by atoms with Crippen LogP contribution in [0.25, 0.3) is 32.2 Å². The number of carboxylic acid groups (broad SMARTS) is 1. The minimum absolute atomic E-state index is 0.190. The van der Waals surface area contributed by atoms with Gasteiger partial charge in [0.05, 0.1) is 64.1 Å². The van der Waals surface area contributed by atoms with Crippen molar-refractivity contribution in [2.75, 3.05) is 14.2 Å². The summed E-state index contributed by atoms with van der Waals surface area (Å²) >= 11 is 15.0. The highest BCUT2D eigenvalue weighted by molar-refractivity contribution is 7.16. The van der Waals surface area contributed by atoms with Gasteiger partial charge in [0.25, 0.3) is 17.0 Å². The number of nitrogens with one attached hydrogen (secondary N) is 3. The lowest BCUT2D eigenvalue weighted by atomic mass is 10.1. The molecule has 15 nitrogen and oxygen atoms in total. The number of para-hydroxylation sites is 2. The molecular formula is C46H36Cl2N8O7S2. The van der Waals surface area contributed by atoms with Crippen LogP contribution in [0.2, 0.25) is 8.67 Å². The smallest absolute Gasteiger partial charge is 0.339 e. The maximum absolute atomic E-state index is 13.4. The second-order valence-electron chi connectivity index (χ2n) is 13.6. The Morgan fingerprint density at radius 3 is 1.74 bits per heavy atom. The van der Waals surface area contributed by atoms with Crippen LogP contribution in [-0.4, -0.2) is 61.1 Å². The van der Waals surface area contributed by atoms with Gasteiger partial charge in [-0.25, -0.2) is 19.2 Å². The Kier molecular flexibility index (Phi) is 16.0. The number of aromatic nitrogens is 6. The monoisotopic (exact) mass is 946 g/mol. The van der Waals surface area contributed by atoms with Crippen molar-refractivity contribution >= 4 is 69.1 Å². The van der Waals surface area contributed by atoms with Gasteiger partial charge >= 0.3 is 5.97 Å². The van der Waals surface area contributed by atoms with Crippen molar-refractivity contribution in [3.05, 3.63) is 194 Å². The van der Waals surface area contributed by atoms with E-state index in [0.717, 1.165) is 27.7 Å². The van der Waals surface area contributed by atoms with Crippen LogP contribution in [0, 0.1) is 13.1 Å². The van der Waals surface area contributed by atoms with Crippen LogP contribution in [0.5, 0.6) is 11.5 Å². The van der Waals surface area contributed by atoms with Crippen molar-refractivity contribution in [2.45, 2.75) is 25.7 Å². The summed E-state index contributed by atoms with van der Waals surface area (Å²) in [7, 11) is 2.94. The van der Waals surface area contributed by atoms with Crippen molar-refractivity contribution < 1.29 is 24.2 Å². The van der Waals surface area contributed by atoms with E-state index in [2.05, 4.69) is 35.0 Å². The van der Waals surface area contributed by atoms with Crippen LogP contribution in [0.4, 0.5) is 11.4 Å². The molecule has 0 aliphatic carbocycles. The topological polar surface area (TPSA) is 194 Å². The molecule has 0 spiro atoms. The zero-order chi connectivity index (χ0) is 46.5. The van der Waals surface area contributed by atoms with E-state index in [4.69, 9.17) is 50.9 Å². The number of pyridine rings is 2. The van der Waals surface area contributed by atoms with Gasteiger partial charge in [-0.15, -0.1) is 22.7 Å². The second kappa shape index (κ2) is 22.2. The molecule has 0 aliphatic rings. The van der Waals surface area contributed by atoms with Gasteiger partial charge < -0.3 is 24.5 Å². The fraction of sp³-hybridized carbons (Fsp3) is 0.130. The lowest BCUT2D eigenvalue weighted by Crippen LogP contribution is -2.18. The average molecular weight is 948 g/mol. The third-order valence-corrected chi connectivity index (χ3v) is 12.0. The minimum atomic E-state index is -0.970. The third kappa shape index (κ3) is 12.1. The Bertz CT molecular complexity index is 3170. The summed E-state index contributed by atoms with van der Waals surface area (Å²) in [6.45, 7) is 14.2. The summed E-state index contributed by atoms with van der Waals surface area (Å²) in [5.41, 5.74) is 3.63. The zero-order valence-electron chi connectivity index (χ0n) is 34.4. The Balaban J connectivity index is 0.000000182. The molecule has 0 radical (unpaired) electrons. The Hall–Kier alpha value is -7.54. The number of H-pyrrole nitrogens is 3. The number of carboxylic acids is 1. The number of aryl methyl sites for hydroxylation is 4. The summed E-state index contributed by atoms with van der Waals surface area (Å²) in [6.07, 6.45) is 5.54. The van der Waals surface area contributed by atoms with Gasteiger partial charge in [-0.1, -0.05) is 47.5 Å². The number of aromatic carboxylic acids is 1. The average Bonchev–Trinajstić information content (AvgIpc) is 4.16. The van der Waals surface area contributed by atoms with E-state index < -0.39 is 5.97 Å². The van der Waals surface area contributed by atoms with Gasteiger partial charge in [-0.2, -0.15) is 10.2 Å². The normalized spacial score (nSPS) is 10.4. The first-order valence-corrected chi connectivity index (χ1v) is 21.7. The highest BCUT2D eigenvalue weighted by Gasteiger charge is 2.21. The molecule has 0 bridgehead atoms. The van der Waals surface area contributed by atoms with Crippen LogP contribution >= 0.6 is 45.9 Å². The van der Waals surface area contributed by atoms with E-state index in [1.54, 1.807) is 65.9 Å². The second-order valence-corrected chi connectivity index (χ2v) is 17.2. The van der Waals surface area contributed by atoms with Crippen molar-refractivity contribution in [1.82, 2.24) is 29.9 Å². The van der Waals surface area contributed by atoms with Gasteiger partial charge in [0.1, 0.15) is 17.1 Å². The van der Waals surface area contributed by atoms with E-state index in [9.17, 15) is 19.2 Å². The molecule has 0 aliphatic heterocycles. The van der Waals surface area contributed by atoms with Crippen LogP contribution in [0.15, 0.2) is 119 Å². The first-order chi connectivity index (χ1) is 31.4. The van der Waals surface area contributed by atoms with E-state index in [0.29, 0.717) is 62.6 Å². The number of hydrogen-bond acceptors (Lipinski definition) is 10. The molecule has 6 aromatic heterocycles. The molecule has 0 saturated carbocycles. The fourth-order valence-corrected chi connectivity index (χ4v) is 8.40. The van der Waals surface area contributed by atoms with Gasteiger partial charge in [0.15, 0.2) is 0 Å². The molecule has 328 valence electrons. The predicted molar refractivity (Wildman–Crippen MR) is 252 cm³/mol. The molecule has 19 heteroatoms. The fourth-order valence-electron chi connectivity index (χ4n) is 6.23. The lowest BCUT2D eigenvalue weighted by molar-refractivity contribution is 0.0693. The number of aromatic amines is 3. The molecule has 0 atom stereocenters. The van der Waals surface area contributed by atoms with Crippen molar-refractivity contribution in [3.8, 4) is 34.0 Å². The van der Waals surface area contributed by atoms with Gasteiger partial charge in [-0.05, 0) is 98.5 Å². The molecule has 8 rings (SSSR count). The van der Waals surface area contributed by atoms with E-state index >= 15 is 0 Å². The van der Waals surface area contributed by atoms with Gasteiger partial charge in [-0.3, -0.25) is 19.5 Å². The quantitative estimate of drug-likeness (QED) is 0.0863. The Morgan fingerprint density at radius 2 is 1.23 bits per heavy atom. The van der Waals surface area contributed by atoms with Crippen molar-refractivity contribution in [3.63, 3.8) is 0 Å². The number of benzene rings is 2. The molecule has 8 aromatic rings. The number of ether oxygens (including phenoxy) is 2. The number of halogens is 2. The number of carbonyl (C=O) groups excluding carboxylic acids is 1. The van der Waals surface area contributed by atoms with E-state index in [-0.39, 0.29) is 33.8 Å². The number of methoxy groups -OCH3 is 2. The SMILES string of the molecule is COc1ccccc1C(=O)O.[C-]#[N+]c1c[nH]c(=O)c(-c2cc(CCc3ccc(Cl)s3)[nH]n2)c1.[C-]#[N+]c1c[nH]c(=O)c(-c2cc(CCc3ccc(Cl)s3)n(C(=O)c3ccccc3OC)n2)c1. The molecule has 4 N–H and O–H groups in total. The maximum atomic E-state index is 13.4. The molecular weight excluding hydrogens is 912 g/mol. The molecule has 0 saturated heterocycles. The summed E-state index contributed by atoms with van der Waals surface area (Å²) in [6, 6.07) is 27.6. The van der Waals surface area contributed by atoms with Crippen molar-refractivity contribution in [2.24, 2.45) is 0 Å². The number of nitrogens with zero attached hydrogens (tertiary/aromatic N) is 5. The molecule has 0 fully saturated rings. The molecule has 0 amide bonds. The Morgan fingerprint density at radius 1 is 0.708 bits per heavy atom. The number of thiophene rings is 2. The van der Waals surface area contributed by atoms with Crippen LogP contribution in [-0.2, 0) is 25.7 Å². The summed E-state index contributed by atoms with van der Waals surface area (Å²) in [4.78, 5) is 62.2. The summed E-state index contributed by atoms with van der Waals surface area (Å²) in [5.74, 6) is -0.522. The lowest BCUT2D eigenvalue weighted by Gasteiger charge is -2.09. The zero-order valence-corrected chi connectivity index (χ0v) is 37.6. The van der Waals surface area contributed by atoms with Gasteiger partial charge in [0, 0.05) is 33.5 Å². The highest BCUT2D eigenvalue weighted by Crippen LogP contribution is 2.27. The summed E-state index contributed by atoms with van der Waals surface area (Å²) < 4.78 is 12.9. The highest BCUT2D eigenvalue weighted by atomic mass is 35.5. The first-order valence-electron chi connectivity index (χ1n) is 19.3. The Labute approximate surface area is 389 Å². The minimum Gasteiger partial charge on any atom is -0.496 e.